The lowest BCUT2D eigenvalue weighted by molar-refractivity contribution is 0.478. The Labute approximate surface area is 444 Å². The zero-order valence-electron chi connectivity index (χ0n) is 43.8. The Hall–Kier alpha value is -9.12. The second-order valence-corrected chi connectivity index (χ2v) is 21.1. The third-order valence-electron chi connectivity index (χ3n) is 15.8. The van der Waals surface area contributed by atoms with Gasteiger partial charge in [-0.05, 0) is 146 Å². The standard InChI is InChI=1S/C72H58N2O2/c1-44(2)50-19-12-23-54(42-50)73(66-31-15-27-58(70(66)75)53-22-11-21-52(41-53)56-25-9-7-17-46(56)5)64-39-35-48-34-38-63-65(40-36-49-33-37-62(64)68(48)69(49)63)74(55-24-13-20-51(43-55)45(3)4)67-32-16-30-61-60-29-14-28-59(71(60)76-72(61)67)57-26-10-8-18-47(57)6/h7-45,75H,1-6H3. The van der Waals surface area contributed by atoms with Crippen LogP contribution in [0.3, 0.4) is 0 Å². The van der Waals surface area contributed by atoms with Crippen LogP contribution in [0, 0.1) is 13.8 Å². The SMILES string of the molecule is Cc1ccccc1-c1cccc(-c2cccc(N(c3cccc(C(C)C)c3)c3ccc4ccc5c(N(c6cccc(C(C)C)c6)c6cccc7c6oc6c(-c8ccccc8C)cccc67)ccc6ccc3c4c65)c2O)c1. The molecule has 1 N–H and O–H groups in total. The van der Waals surface area contributed by atoms with Crippen LogP contribution in [0.25, 0.3) is 87.6 Å². The first-order chi connectivity index (χ1) is 37.1. The minimum Gasteiger partial charge on any atom is -0.505 e. The van der Waals surface area contributed by atoms with Crippen molar-refractivity contribution in [3.63, 3.8) is 0 Å². The van der Waals surface area contributed by atoms with Crippen molar-refractivity contribution < 1.29 is 9.52 Å². The number of aryl methyl sites for hydroxylation is 2. The fourth-order valence-corrected chi connectivity index (χ4v) is 11.8. The van der Waals surface area contributed by atoms with E-state index in [1.54, 1.807) is 0 Å². The van der Waals surface area contributed by atoms with Crippen molar-refractivity contribution >= 4 is 88.4 Å². The molecule has 13 rings (SSSR count). The van der Waals surface area contributed by atoms with Crippen molar-refractivity contribution in [2.24, 2.45) is 0 Å². The number of hydrogen-bond donors (Lipinski definition) is 1. The Kier molecular flexibility index (Phi) is 11.5. The molecule has 0 saturated heterocycles. The molecule has 0 radical (unpaired) electrons. The van der Waals surface area contributed by atoms with Gasteiger partial charge in [0.2, 0.25) is 0 Å². The first-order valence-corrected chi connectivity index (χ1v) is 26.6. The van der Waals surface area contributed by atoms with Gasteiger partial charge in [-0.25, -0.2) is 0 Å². The van der Waals surface area contributed by atoms with Crippen molar-refractivity contribution in [1.29, 1.82) is 0 Å². The van der Waals surface area contributed by atoms with Gasteiger partial charge in [0.15, 0.2) is 5.58 Å². The van der Waals surface area contributed by atoms with E-state index in [0.717, 1.165) is 94.2 Å². The summed E-state index contributed by atoms with van der Waals surface area (Å²) in [6.07, 6.45) is 0. The van der Waals surface area contributed by atoms with Gasteiger partial charge in [0, 0.05) is 44.0 Å². The molecule has 0 aliphatic rings. The maximum absolute atomic E-state index is 12.8. The molecule has 1 heterocycles. The van der Waals surface area contributed by atoms with Crippen LogP contribution in [-0.4, -0.2) is 5.11 Å². The van der Waals surface area contributed by atoms with E-state index < -0.39 is 0 Å². The molecule has 0 amide bonds. The summed E-state index contributed by atoms with van der Waals surface area (Å²) in [7, 11) is 0. The zero-order valence-corrected chi connectivity index (χ0v) is 43.8. The zero-order chi connectivity index (χ0) is 51.8. The number of para-hydroxylation sites is 3. The highest BCUT2D eigenvalue weighted by molar-refractivity contribution is 6.28. The van der Waals surface area contributed by atoms with Gasteiger partial charge >= 0.3 is 0 Å². The summed E-state index contributed by atoms with van der Waals surface area (Å²) in [6.45, 7) is 13.3. The largest absolute Gasteiger partial charge is 0.505 e. The molecular formula is C72H58N2O2. The first-order valence-electron chi connectivity index (χ1n) is 26.6. The molecule has 0 bridgehead atoms. The summed E-state index contributed by atoms with van der Waals surface area (Å²) in [5.41, 5.74) is 18.6. The minimum atomic E-state index is 0.220. The third-order valence-corrected chi connectivity index (χ3v) is 15.8. The summed E-state index contributed by atoms with van der Waals surface area (Å²) in [6, 6.07) is 80.7. The highest BCUT2D eigenvalue weighted by atomic mass is 16.3. The average Bonchev–Trinajstić information content (AvgIpc) is 3.89. The van der Waals surface area contributed by atoms with E-state index in [9.17, 15) is 5.11 Å². The van der Waals surface area contributed by atoms with Gasteiger partial charge in [0.05, 0.1) is 22.7 Å². The summed E-state index contributed by atoms with van der Waals surface area (Å²) in [5, 5.41) is 21.8. The van der Waals surface area contributed by atoms with Crippen molar-refractivity contribution in [2.45, 2.75) is 53.4 Å². The Morgan fingerprint density at radius 2 is 0.816 bits per heavy atom. The molecular weight excluding hydrogens is 925 g/mol. The number of aromatic hydroxyl groups is 1. The number of rotatable bonds is 11. The number of hydrogen-bond acceptors (Lipinski definition) is 4. The van der Waals surface area contributed by atoms with Gasteiger partial charge in [0.25, 0.3) is 0 Å². The molecule has 4 heteroatoms. The first kappa shape index (κ1) is 46.7. The van der Waals surface area contributed by atoms with Gasteiger partial charge in [-0.15, -0.1) is 0 Å². The fourth-order valence-electron chi connectivity index (χ4n) is 11.8. The van der Waals surface area contributed by atoms with Crippen molar-refractivity contribution in [3.05, 3.63) is 247 Å². The monoisotopic (exact) mass is 982 g/mol. The molecule has 0 unspecified atom stereocenters. The third kappa shape index (κ3) is 7.75. The van der Waals surface area contributed by atoms with Gasteiger partial charge < -0.3 is 19.3 Å². The Morgan fingerprint density at radius 1 is 0.355 bits per heavy atom. The van der Waals surface area contributed by atoms with Gasteiger partial charge in [-0.3, -0.25) is 0 Å². The normalized spacial score (nSPS) is 11.8. The molecule has 0 atom stereocenters. The number of anilines is 6. The van der Waals surface area contributed by atoms with Crippen molar-refractivity contribution in [1.82, 2.24) is 0 Å². The predicted molar refractivity (Wildman–Crippen MR) is 322 cm³/mol. The van der Waals surface area contributed by atoms with Gasteiger partial charge in [-0.2, -0.15) is 0 Å². The van der Waals surface area contributed by atoms with E-state index >= 15 is 0 Å². The number of nitrogens with zero attached hydrogens (tertiary/aromatic N) is 2. The van der Waals surface area contributed by atoms with E-state index in [2.05, 4.69) is 264 Å². The van der Waals surface area contributed by atoms with Crippen LogP contribution in [0.1, 0.15) is 61.8 Å². The number of furan rings is 1. The topological polar surface area (TPSA) is 39.9 Å². The minimum absolute atomic E-state index is 0.220. The van der Waals surface area contributed by atoms with E-state index in [0.29, 0.717) is 17.5 Å². The smallest absolute Gasteiger partial charge is 0.159 e. The molecule has 4 nitrogen and oxygen atoms in total. The van der Waals surface area contributed by atoms with Crippen LogP contribution >= 0.6 is 0 Å². The maximum Gasteiger partial charge on any atom is 0.159 e. The van der Waals surface area contributed by atoms with Crippen molar-refractivity contribution in [3.8, 4) is 39.1 Å². The highest BCUT2D eigenvalue weighted by Crippen LogP contribution is 2.52. The lowest BCUT2D eigenvalue weighted by atomic mass is 9.91. The van der Waals surface area contributed by atoms with Crippen LogP contribution in [0.5, 0.6) is 5.75 Å². The fraction of sp³-hybridized carbons (Fsp3) is 0.111. The molecule has 13 aromatic rings. The van der Waals surface area contributed by atoms with E-state index in [1.165, 1.54) is 44.2 Å². The summed E-state index contributed by atoms with van der Waals surface area (Å²) >= 11 is 0. The lowest BCUT2D eigenvalue weighted by Gasteiger charge is -2.30. The maximum atomic E-state index is 12.8. The van der Waals surface area contributed by atoms with E-state index in [1.807, 2.05) is 12.1 Å². The quantitative estimate of drug-likeness (QED) is 0.131. The molecule has 0 aliphatic heterocycles. The Bertz CT molecular complexity index is 4370. The van der Waals surface area contributed by atoms with E-state index in [-0.39, 0.29) is 5.75 Å². The molecule has 0 spiro atoms. The molecule has 0 aliphatic carbocycles. The summed E-state index contributed by atoms with van der Waals surface area (Å²) in [5.74, 6) is 0.848. The molecule has 76 heavy (non-hydrogen) atoms. The predicted octanol–water partition coefficient (Wildman–Crippen LogP) is 21.0. The van der Waals surface area contributed by atoms with Gasteiger partial charge in [0.1, 0.15) is 11.3 Å². The second-order valence-electron chi connectivity index (χ2n) is 21.1. The molecule has 368 valence electrons. The molecule has 0 fully saturated rings. The molecule has 0 saturated carbocycles. The van der Waals surface area contributed by atoms with Crippen LogP contribution in [0.15, 0.2) is 229 Å². The molecule has 12 aromatic carbocycles. The van der Waals surface area contributed by atoms with Crippen LogP contribution < -0.4 is 9.80 Å². The Morgan fingerprint density at radius 3 is 1.42 bits per heavy atom. The number of phenols is 1. The number of phenolic OH excluding ortho intramolecular Hbond substituents is 1. The highest BCUT2D eigenvalue weighted by Gasteiger charge is 2.27. The van der Waals surface area contributed by atoms with Crippen LogP contribution in [-0.2, 0) is 0 Å². The van der Waals surface area contributed by atoms with Crippen LogP contribution in [0.4, 0.5) is 34.1 Å². The van der Waals surface area contributed by atoms with E-state index in [4.69, 9.17) is 4.42 Å². The average molecular weight is 983 g/mol. The van der Waals surface area contributed by atoms with Crippen molar-refractivity contribution in [2.75, 3.05) is 9.80 Å². The molecule has 1 aromatic heterocycles. The lowest BCUT2D eigenvalue weighted by Crippen LogP contribution is -2.12. The summed E-state index contributed by atoms with van der Waals surface area (Å²) < 4.78 is 7.21. The van der Waals surface area contributed by atoms with Gasteiger partial charge in [-0.1, -0.05) is 198 Å². The van der Waals surface area contributed by atoms with Crippen LogP contribution in [0.2, 0.25) is 0 Å². The number of benzene rings is 12. The number of fused-ring (bicyclic) bond motifs is 3. The second kappa shape index (κ2) is 18.7. The summed E-state index contributed by atoms with van der Waals surface area (Å²) in [4.78, 5) is 4.68. The Balaban J connectivity index is 1.04.